The first-order valence-corrected chi connectivity index (χ1v) is 9.50. The second-order valence-corrected chi connectivity index (χ2v) is 7.21. The van der Waals surface area contributed by atoms with Gasteiger partial charge in [0.25, 0.3) is 0 Å². The molecule has 24 heavy (non-hydrogen) atoms. The first-order chi connectivity index (χ1) is 11.7. The van der Waals surface area contributed by atoms with E-state index in [4.69, 9.17) is 0 Å². The van der Waals surface area contributed by atoms with E-state index in [0.29, 0.717) is 12.0 Å². The second kappa shape index (κ2) is 7.79. The first kappa shape index (κ1) is 17.0. The zero-order chi connectivity index (χ0) is 16.9. The molecule has 2 unspecified atom stereocenters. The van der Waals surface area contributed by atoms with Crippen LogP contribution in [0.15, 0.2) is 22.5 Å². The topological polar surface area (TPSA) is 67.1 Å². The van der Waals surface area contributed by atoms with Gasteiger partial charge in [0.15, 0.2) is 11.8 Å². The first-order valence-electron chi connectivity index (χ1n) is 8.62. The van der Waals surface area contributed by atoms with Crippen LogP contribution in [0.2, 0.25) is 0 Å². The van der Waals surface area contributed by atoms with E-state index in [1.165, 1.54) is 4.88 Å². The summed E-state index contributed by atoms with van der Waals surface area (Å²) in [6.45, 7) is 6.06. The highest BCUT2D eigenvalue weighted by molar-refractivity contribution is 7.10. The van der Waals surface area contributed by atoms with Gasteiger partial charge in [-0.1, -0.05) is 19.9 Å². The number of thiophene rings is 1. The van der Waals surface area contributed by atoms with Crippen molar-refractivity contribution in [2.75, 3.05) is 13.6 Å². The molecule has 2 aromatic rings. The van der Waals surface area contributed by atoms with Gasteiger partial charge in [-0.05, 0) is 17.9 Å². The van der Waals surface area contributed by atoms with E-state index in [-0.39, 0.29) is 0 Å². The summed E-state index contributed by atoms with van der Waals surface area (Å²) in [5.41, 5.74) is 0. The number of aryl methyl sites for hydroxylation is 2. The lowest BCUT2D eigenvalue weighted by Gasteiger charge is -2.25. The summed E-state index contributed by atoms with van der Waals surface area (Å²) in [5, 5.41) is 13.7. The molecule has 0 saturated heterocycles. The summed E-state index contributed by atoms with van der Waals surface area (Å²) in [7, 11) is 1.82. The fourth-order valence-electron chi connectivity index (χ4n) is 2.94. The Morgan fingerprint density at radius 2 is 2.42 bits per heavy atom. The Balaban J connectivity index is 1.52. The minimum Gasteiger partial charge on any atom is -0.356 e. The van der Waals surface area contributed by atoms with Crippen molar-refractivity contribution in [1.29, 1.82) is 0 Å². The fourth-order valence-corrected chi connectivity index (χ4v) is 3.73. The Morgan fingerprint density at radius 3 is 3.12 bits per heavy atom. The summed E-state index contributed by atoms with van der Waals surface area (Å²) in [6, 6.07) is 4.63. The summed E-state index contributed by atoms with van der Waals surface area (Å²) in [5.74, 6) is 3.39. The van der Waals surface area contributed by atoms with Crippen LogP contribution in [0.25, 0.3) is 0 Å². The van der Waals surface area contributed by atoms with E-state index in [2.05, 4.69) is 57.1 Å². The molecule has 0 saturated carbocycles. The Morgan fingerprint density at radius 1 is 1.54 bits per heavy atom. The number of hydrogen-bond donors (Lipinski definition) is 2. The molecule has 2 N–H and O–H groups in total. The summed E-state index contributed by atoms with van der Waals surface area (Å²) in [6.07, 6.45) is 2.91. The van der Waals surface area contributed by atoms with Crippen LogP contribution in [0.5, 0.6) is 0 Å². The van der Waals surface area contributed by atoms with Gasteiger partial charge in [0.05, 0.1) is 6.54 Å². The van der Waals surface area contributed by atoms with Crippen molar-refractivity contribution in [2.24, 2.45) is 4.99 Å². The van der Waals surface area contributed by atoms with Crippen molar-refractivity contribution in [3.63, 3.8) is 0 Å². The molecule has 3 heterocycles. The number of guanidine groups is 1. The molecule has 0 amide bonds. The van der Waals surface area contributed by atoms with Gasteiger partial charge < -0.3 is 10.6 Å². The lowest BCUT2D eigenvalue weighted by Crippen LogP contribution is -2.47. The van der Waals surface area contributed by atoms with Crippen molar-refractivity contribution in [1.82, 2.24) is 25.4 Å². The number of nitrogens with one attached hydrogen (secondary N) is 2. The molecule has 2 atom stereocenters. The normalized spacial score (nSPS) is 19.0. The van der Waals surface area contributed by atoms with Gasteiger partial charge >= 0.3 is 0 Å². The second-order valence-electron chi connectivity index (χ2n) is 6.23. The van der Waals surface area contributed by atoms with Gasteiger partial charge in [-0.15, -0.1) is 11.3 Å². The highest BCUT2D eigenvalue weighted by atomic mass is 32.1. The maximum atomic E-state index is 4.57. The maximum absolute atomic E-state index is 4.57. The van der Waals surface area contributed by atoms with Crippen molar-refractivity contribution >= 4 is 17.3 Å². The summed E-state index contributed by atoms with van der Waals surface area (Å²) in [4.78, 5) is 10.3. The molecule has 1 aliphatic heterocycles. The lowest BCUT2D eigenvalue weighted by atomic mass is 10.1. The molecule has 0 aromatic carbocycles. The van der Waals surface area contributed by atoms with E-state index in [9.17, 15) is 0 Å². The quantitative estimate of drug-likeness (QED) is 0.643. The average Bonchev–Trinajstić information content (AvgIpc) is 3.26. The number of fused-ring (bicyclic) bond motifs is 1. The highest BCUT2D eigenvalue weighted by Crippen LogP contribution is 2.19. The van der Waals surface area contributed by atoms with Crippen LogP contribution in [-0.4, -0.2) is 40.4 Å². The van der Waals surface area contributed by atoms with E-state index >= 15 is 0 Å². The largest absolute Gasteiger partial charge is 0.356 e. The number of nitrogens with zero attached hydrogens (tertiary/aromatic N) is 4. The number of aliphatic imine (C=N–C) groups is 1. The SMILES string of the molecule is CCc1nc2n(n1)CC(NC(=NC)NCC(C)c1cccs1)CC2. The molecule has 0 fully saturated rings. The molecule has 0 spiro atoms. The van der Waals surface area contributed by atoms with Crippen LogP contribution in [0, 0.1) is 0 Å². The third kappa shape index (κ3) is 3.95. The van der Waals surface area contributed by atoms with Gasteiger partial charge in [-0.25, -0.2) is 9.67 Å². The number of aromatic nitrogens is 3. The molecule has 1 aliphatic rings. The highest BCUT2D eigenvalue weighted by Gasteiger charge is 2.22. The number of hydrogen-bond acceptors (Lipinski definition) is 4. The zero-order valence-electron chi connectivity index (χ0n) is 14.6. The molecule has 2 aromatic heterocycles. The van der Waals surface area contributed by atoms with Crippen molar-refractivity contribution in [3.05, 3.63) is 34.0 Å². The van der Waals surface area contributed by atoms with Gasteiger partial charge in [0.2, 0.25) is 0 Å². The lowest BCUT2D eigenvalue weighted by molar-refractivity contribution is 0.392. The van der Waals surface area contributed by atoms with Gasteiger partial charge in [0, 0.05) is 43.3 Å². The fraction of sp³-hybridized carbons (Fsp3) is 0.588. The Bertz CT molecular complexity index is 675. The van der Waals surface area contributed by atoms with Crippen molar-refractivity contribution in [2.45, 2.75) is 51.6 Å². The minimum atomic E-state index is 0.340. The standard InChI is InChI=1S/C17H26N6S/c1-4-15-21-16-8-7-13(11-23(16)22-15)20-17(18-3)19-10-12(2)14-6-5-9-24-14/h5-6,9,12-13H,4,7-8,10-11H2,1-3H3,(H2,18,19,20). The smallest absolute Gasteiger partial charge is 0.191 e. The van der Waals surface area contributed by atoms with E-state index in [1.807, 2.05) is 11.7 Å². The van der Waals surface area contributed by atoms with E-state index < -0.39 is 0 Å². The van der Waals surface area contributed by atoms with Crippen molar-refractivity contribution < 1.29 is 0 Å². The Labute approximate surface area is 147 Å². The zero-order valence-corrected chi connectivity index (χ0v) is 15.4. The average molecular weight is 347 g/mol. The molecule has 0 bridgehead atoms. The molecule has 0 aliphatic carbocycles. The molecule has 130 valence electrons. The number of rotatable bonds is 5. The monoisotopic (exact) mass is 346 g/mol. The third-order valence-electron chi connectivity index (χ3n) is 4.39. The molecule has 0 radical (unpaired) electrons. The van der Waals surface area contributed by atoms with Gasteiger partial charge in [-0.3, -0.25) is 4.99 Å². The van der Waals surface area contributed by atoms with Gasteiger partial charge in [0.1, 0.15) is 5.82 Å². The van der Waals surface area contributed by atoms with Crippen LogP contribution >= 0.6 is 11.3 Å². The predicted molar refractivity (Wildman–Crippen MR) is 98.7 cm³/mol. The Hall–Kier alpha value is -1.89. The molecule has 3 rings (SSSR count). The molecule has 7 heteroatoms. The predicted octanol–water partition coefficient (Wildman–Crippen LogP) is 2.19. The van der Waals surface area contributed by atoms with Crippen LogP contribution in [0.3, 0.4) is 0 Å². The minimum absolute atomic E-state index is 0.340. The van der Waals surface area contributed by atoms with Crippen LogP contribution in [0.1, 0.15) is 42.7 Å². The summed E-state index contributed by atoms with van der Waals surface area (Å²) >= 11 is 1.80. The molecule has 6 nitrogen and oxygen atoms in total. The van der Waals surface area contributed by atoms with Crippen LogP contribution in [0.4, 0.5) is 0 Å². The Kier molecular flexibility index (Phi) is 5.50. The molecular weight excluding hydrogens is 320 g/mol. The summed E-state index contributed by atoms with van der Waals surface area (Å²) < 4.78 is 2.04. The van der Waals surface area contributed by atoms with Gasteiger partial charge in [-0.2, -0.15) is 5.10 Å². The molecular formula is C17H26N6S. The maximum Gasteiger partial charge on any atom is 0.191 e. The van der Waals surface area contributed by atoms with Crippen molar-refractivity contribution in [3.8, 4) is 0 Å². The van der Waals surface area contributed by atoms with E-state index in [0.717, 1.165) is 50.0 Å². The third-order valence-corrected chi connectivity index (χ3v) is 5.49. The van der Waals surface area contributed by atoms with Crippen LogP contribution in [-0.2, 0) is 19.4 Å². The van der Waals surface area contributed by atoms with Crippen LogP contribution < -0.4 is 10.6 Å². The van der Waals surface area contributed by atoms with E-state index in [1.54, 1.807) is 11.3 Å².